The summed E-state index contributed by atoms with van der Waals surface area (Å²) in [5, 5.41) is 14.1. The van der Waals surface area contributed by atoms with Crippen LogP contribution in [0.4, 0.5) is 0 Å². The fourth-order valence-corrected chi connectivity index (χ4v) is 2.47. The zero-order valence-electron chi connectivity index (χ0n) is 15.3. The van der Waals surface area contributed by atoms with Crippen LogP contribution in [0.1, 0.15) is 21.5 Å². The molecule has 2 aromatic heterocycles. The normalized spacial score (nSPS) is 10.8. The Bertz CT molecular complexity index is 1150. The third-order valence-electron chi connectivity index (χ3n) is 4.01. The van der Waals surface area contributed by atoms with Gasteiger partial charge in [0.25, 0.3) is 11.5 Å². The molecule has 3 aromatic rings. The van der Waals surface area contributed by atoms with Crippen LogP contribution < -0.4 is 21.4 Å². The van der Waals surface area contributed by atoms with Crippen LogP contribution >= 0.6 is 0 Å². The molecule has 1 aromatic carbocycles. The van der Waals surface area contributed by atoms with E-state index in [-0.39, 0.29) is 12.1 Å². The number of aromatic hydroxyl groups is 1. The highest BCUT2D eigenvalue weighted by Gasteiger charge is 2.13. The standard InChI is InChI=1S/C19H17N5O5/c1-29-14-4-2-12(3-5-14)11-24-18(27)15(17(26)22-19(24)28)10-21-23-16(25)13-6-8-20-9-7-13/h2-10,27H,11H2,1H3,(H,23,25)(H,22,26,28). The summed E-state index contributed by atoms with van der Waals surface area (Å²) in [5.41, 5.74) is 1.37. The Kier molecular flexibility index (Phi) is 5.83. The van der Waals surface area contributed by atoms with E-state index >= 15 is 0 Å². The molecule has 0 saturated carbocycles. The lowest BCUT2D eigenvalue weighted by Crippen LogP contribution is -2.32. The molecule has 0 bridgehead atoms. The first-order valence-corrected chi connectivity index (χ1v) is 8.42. The molecule has 0 spiro atoms. The maximum Gasteiger partial charge on any atom is 0.331 e. The topological polar surface area (TPSA) is 139 Å². The van der Waals surface area contributed by atoms with Crippen LogP contribution in [0.3, 0.4) is 0 Å². The van der Waals surface area contributed by atoms with Gasteiger partial charge in [0.2, 0.25) is 5.88 Å². The number of hydrogen-bond donors (Lipinski definition) is 3. The minimum absolute atomic E-state index is 0.00958. The summed E-state index contributed by atoms with van der Waals surface area (Å²) in [6, 6.07) is 9.84. The van der Waals surface area contributed by atoms with E-state index in [9.17, 15) is 19.5 Å². The first kappa shape index (κ1) is 19.5. The van der Waals surface area contributed by atoms with Crippen molar-refractivity contribution in [3.05, 3.63) is 86.3 Å². The van der Waals surface area contributed by atoms with Crippen molar-refractivity contribution < 1.29 is 14.6 Å². The number of carbonyl (C=O) groups is 1. The van der Waals surface area contributed by atoms with Gasteiger partial charge in [0.05, 0.1) is 19.9 Å². The molecule has 0 fully saturated rings. The highest BCUT2D eigenvalue weighted by Crippen LogP contribution is 2.14. The average Bonchev–Trinajstić information content (AvgIpc) is 2.74. The summed E-state index contributed by atoms with van der Waals surface area (Å²) in [6.45, 7) is 0.00958. The number of aromatic amines is 1. The van der Waals surface area contributed by atoms with Crippen LogP contribution in [0.2, 0.25) is 0 Å². The van der Waals surface area contributed by atoms with Crippen molar-refractivity contribution >= 4 is 12.1 Å². The van der Waals surface area contributed by atoms with Gasteiger partial charge < -0.3 is 9.84 Å². The van der Waals surface area contributed by atoms with Gasteiger partial charge >= 0.3 is 5.69 Å². The smallest absolute Gasteiger partial charge is 0.331 e. The quantitative estimate of drug-likeness (QED) is 0.409. The third-order valence-corrected chi connectivity index (χ3v) is 4.01. The number of nitrogens with zero attached hydrogens (tertiary/aromatic N) is 3. The molecule has 0 atom stereocenters. The molecular weight excluding hydrogens is 378 g/mol. The van der Waals surface area contributed by atoms with E-state index in [1.807, 2.05) is 0 Å². The second-order valence-electron chi connectivity index (χ2n) is 5.87. The monoisotopic (exact) mass is 395 g/mol. The van der Waals surface area contributed by atoms with E-state index in [1.165, 1.54) is 31.6 Å². The van der Waals surface area contributed by atoms with E-state index in [2.05, 4.69) is 20.5 Å². The van der Waals surface area contributed by atoms with Crippen molar-refractivity contribution in [2.45, 2.75) is 6.54 Å². The van der Waals surface area contributed by atoms with Crippen molar-refractivity contribution in [1.82, 2.24) is 20.0 Å². The van der Waals surface area contributed by atoms with Gasteiger partial charge in [-0.05, 0) is 29.8 Å². The van der Waals surface area contributed by atoms with E-state index in [0.29, 0.717) is 16.9 Å². The fourth-order valence-electron chi connectivity index (χ4n) is 2.47. The van der Waals surface area contributed by atoms with Gasteiger partial charge in [-0.2, -0.15) is 5.10 Å². The molecule has 10 nitrogen and oxygen atoms in total. The molecule has 0 aliphatic rings. The maximum atomic E-state index is 12.1. The number of hydrogen-bond acceptors (Lipinski definition) is 7. The number of hydrazone groups is 1. The van der Waals surface area contributed by atoms with E-state index in [4.69, 9.17) is 4.74 Å². The lowest BCUT2D eigenvalue weighted by Gasteiger charge is -2.10. The predicted molar refractivity (Wildman–Crippen MR) is 104 cm³/mol. The van der Waals surface area contributed by atoms with Gasteiger partial charge in [0.15, 0.2) is 0 Å². The number of amides is 1. The molecule has 0 radical (unpaired) electrons. The molecule has 10 heteroatoms. The zero-order valence-corrected chi connectivity index (χ0v) is 15.3. The minimum atomic E-state index is -0.833. The number of nitrogens with one attached hydrogen (secondary N) is 2. The maximum absolute atomic E-state index is 12.1. The highest BCUT2D eigenvalue weighted by atomic mass is 16.5. The summed E-state index contributed by atoms with van der Waals surface area (Å²) in [7, 11) is 1.53. The summed E-state index contributed by atoms with van der Waals surface area (Å²) in [6.07, 6.45) is 3.87. The second-order valence-corrected chi connectivity index (χ2v) is 5.87. The number of H-pyrrole nitrogens is 1. The summed E-state index contributed by atoms with van der Waals surface area (Å²) >= 11 is 0. The first-order chi connectivity index (χ1) is 14.0. The number of aromatic nitrogens is 3. The highest BCUT2D eigenvalue weighted by molar-refractivity contribution is 5.94. The van der Waals surface area contributed by atoms with Crippen molar-refractivity contribution in [3.63, 3.8) is 0 Å². The molecule has 0 aliphatic carbocycles. The Morgan fingerprint density at radius 1 is 1.24 bits per heavy atom. The molecule has 0 unspecified atom stereocenters. The lowest BCUT2D eigenvalue weighted by atomic mass is 10.2. The van der Waals surface area contributed by atoms with E-state index < -0.39 is 23.0 Å². The van der Waals surface area contributed by atoms with Crippen molar-refractivity contribution in [2.24, 2.45) is 5.10 Å². The molecule has 1 amide bonds. The molecule has 3 N–H and O–H groups in total. The van der Waals surface area contributed by atoms with Crippen LogP contribution in [-0.2, 0) is 6.54 Å². The number of rotatable bonds is 6. The average molecular weight is 395 g/mol. The molecular formula is C19H17N5O5. The minimum Gasteiger partial charge on any atom is -0.497 e. The predicted octanol–water partition coefficient (Wildman–Crippen LogP) is 0.458. The molecule has 0 aliphatic heterocycles. The van der Waals surface area contributed by atoms with Gasteiger partial charge in [0.1, 0.15) is 11.3 Å². The van der Waals surface area contributed by atoms with E-state index in [0.717, 1.165) is 10.8 Å². The molecule has 3 rings (SSSR count). The Labute approximate surface area is 164 Å². The van der Waals surface area contributed by atoms with Gasteiger partial charge in [-0.15, -0.1) is 0 Å². The summed E-state index contributed by atoms with van der Waals surface area (Å²) < 4.78 is 6.06. The second kappa shape index (κ2) is 8.65. The van der Waals surface area contributed by atoms with Gasteiger partial charge in [0, 0.05) is 18.0 Å². The Balaban J connectivity index is 1.83. The van der Waals surface area contributed by atoms with Crippen molar-refractivity contribution in [1.29, 1.82) is 0 Å². The van der Waals surface area contributed by atoms with Gasteiger partial charge in [-0.1, -0.05) is 12.1 Å². The largest absolute Gasteiger partial charge is 0.497 e. The van der Waals surface area contributed by atoms with Crippen LogP contribution in [0, 0.1) is 0 Å². The SMILES string of the molecule is COc1ccc(Cn2c(O)c(C=NNC(=O)c3ccncc3)c(=O)[nH]c2=O)cc1. The molecule has 148 valence electrons. The Morgan fingerprint density at radius 2 is 1.93 bits per heavy atom. The van der Waals surface area contributed by atoms with Crippen molar-refractivity contribution in [3.8, 4) is 11.6 Å². The zero-order chi connectivity index (χ0) is 20.8. The number of ether oxygens (including phenoxy) is 1. The summed E-state index contributed by atoms with van der Waals surface area (Å²) in [4.78, 5) is 42.0. The van der Waals surface area contributed by atoms with Crippen LogP contribution in [0.25, 0.3) is 0 Å². The molecule has 2 heterocycles. The number of carbonyl (C=O) groups excluding carboxylic acids is 1. The number of benzene rings is 1. The van der Waals surface area contributed by atoms with Crippen molar-refractivity contribution in [2.75, 3.05) is 7.11 Å². The molecule has 29 heavy (non-hydrogen) atoms. The Morgan fingerprint density at radius 3 is 2.59 bits per heavy atom. The number of pyridine rings is 1. The third kappa shape index (κ3) is 4.56. The lowest BCUT2D eigenvalue weighted by molar-refractivity contribution is 0.0955. The fraction of sp³-hybridized carbons (Fsp3) is 0.105. The van der Waals surface area contributed by atoms with Crippen LogP contribution in [0.15, 0.2) is 63.5 Å². The van der Waals surface area contributed by atoms with Gasteiger partial charge in [-0.25, -0.2) is 10.2 Å². The Hall–Kier alpha value is -4.21. The van der Waals surface area contributed by atoms with Crippen LogP contribution in [-0.4, -0.2) is 38.9 Å². The van der Waals surface area contributed by atoms with Gasteiger partial charge in [-0.3, -0.25) is 24.1 Å². The first-order valence-electron chi connectivity index (χ1n) is 8.42. The van der Waals surface area contributed by atoms with Crippen LogP contribution in [0.5, 0.6) is 11.6 Å². The number of methoxy groups -OCH3 is 1. The van der Waals surface area contributed by atoms with E-state index in [1.54, 1.807) is 24.3 Å². The summed E-state index contributed by atoms with van der Waals surface area (Å²) in [5.74, 6) is -0.452. The molecule has 0 saturated heterocycles.